The Bertz CT molecular complexity index is 667. The van der Waals surface area contributed by atoms with Crippen molar-refractivity contribution in [2.24, 2.45) is 0 Å². The van der Waals surface area contributed by atoms with Crippen molar-refractivity contribution in [3.63, 3.8) is 0 Å². The first kappa shape index (κ1) is 14.4. The van der Waals surface area contributed by atoms with Crippen LogP contribution in [0.3, 0.4) is 0 Å². The number of thiocarbonyl (C=S) groups is 1. The molecule has 3 rings (SSSR count). The number of hydrogen-bond acceptors (Lipinski definition) is 4. The van der Waals surface area contributed by atoms with E-state index in [0.29, 0.717) is 9.23 Å². The second kappa shape index (κ2) is 5.69. The summed E-state index contributed by atoms with van der Waals surface area (Å²) in [5, 5.41) is 0. The molecule has 0 saturated carbocycles. The average Bonchev–Trinajstić information content (AvgIpc) is 3.02. The lowest BCUT2D eigenvalue weighted by molar-refractivity contribution is -0.121. The fourth-order valence-electron chi connectivity index (χ4n) is 2.15. The number of carbonyl (C=O) groups is 1. The first-order valence-corrected chi connectivity index (χ1v) is 7.71. The molecule has 2 aliphatic heterocycles. The van der Waals surface area contributed by atoms with Gasteiger partial charge in [0.1, 0.15) is 24.0 Å². The van der Waals surface area contributed by atoms with Crippen molar-refractivity contribution in [2.75, 3.05) is 7.05 Å². The van der Waals surface area contributed by atoms with E-state index in [9.17, 15) is 4.79 Å². The molecule has 2 heterocycles. The van der Waals surface area contributed by atoms with E-state index in [1.807, 2.05) is 36.4 Å². The van der Waals surface area contributed by atoms with E-state index < -0.39 is 0 Å². The molecule has 1 amide bonds. The summed E-state index contributed by atoms with van der Waals surface area (Å²) in [4.78, 5) is 14.1. The van der Waals surface area contributed by atoms with Gasteiger partial charge >= 0.3 is 0 Å². The van der Waals surface area contributed by atoms with Gasteiger partial charge in [0.25, 0.3) is 5.91 Å². The van der Waals surface area contributed by atoms with Crippen LogP contribution in [-0.2, 0) is 9.53 Å². The van der Waals surface area contributed by atoms with Crippen molar-refractivity contribution in [2.45, 2.75) is 12.5 Å². The van der Waals surface area contributed by atoms with Gasteiger partial charge in [-0.3, -0.25) is 9.69 Å². The van der Waals surface area contributed by atoms with Gasteiger partial charge in [0, 0.05) is 19.0 Å². The van der Waals surface area contributed by atoms with Crippen molar-refractivity contribution in [3.05, 3.63) is 46.9 Å². The maximum atomic E-state index is 12.0. The minimum absolute atomic E-state index is 0.0606. The Morgan fingerprint density at radius 2 is 2.14 bits per heavy atom. The van der Waals surface area contributed by atoms with Crippen molar-refractivity contribution >= 4 is 53.3 Å². The van der Waals surface area contributed by atoms with Crippen LogP contribution >= 0.6 is 24.0 Å². The molecule has 0 aliphatic carbocycles. The first-order valence-electron chi connectivity index (χ1n) is 6.49. The summed E-state index contributed by atoms with van der Waals surface area (Å²) < 4.78 is 6.46. The van der Waals surface area contributed by atoms with Crippen LogP contribution in [0, 0.1) is 0 Å². The minimum atomic E-state index is -0.127. The molecule has 0 spiro atoms. The molecule has 0 N–H and O–H groups in total. The van der Waals surface area contributed by atoms with Gasteiger partial charge < -0.3 is 4.74 Å². The summed E-state index contributed by atoms with van der Waals surface area (Å²) in [6.07, 6.45) is 4.49. The Kier molecular flexibility index (Phi) is 3.91. The molecule has 1 saturated heterocycles. The van der Waals surface area contributed by atoms with Crippen molar-refractivity contribution in [1.82, 2.24) is 4.90 Å². The molecule has 2 radical (unpaired) electrons. The van der Waals surface area contributed by atoms with Crippen LogP contribution < -0.4 is 5.46 Å². The van der Waals surface area contributed by atoms with Crippen molar-refractivity contribution in [1.29, 1.82) is 0 Å². The number of amides is 1. The molecule has 1 unspecified atom stereocenters. The number of hydrogen-bond donors (Lipinski definition) is 0. The molecular formula is C15H12BNO2S2. The summed E-state index contributed by atoms with van der Waals surface area (Å²) in [5.74, 6) is 0.762. The number of rotatable bonds is 2. The maximum absolute atomic E-state index is 12.0. The Hall–Kier alpha value is -1.53. The standard InChI is InChI=1S/C15H12BNO2S2/c1-17-14(18)13(21-15(17)20)8-11-6-7-12(19-11)9-2-4-10(16)5-3-9/h2-5,7-8,11H,6H2,1H3/b13-8+. The molecule has 1 aromatic rings. The molecule has 2 aliphatic rings. The molecule has 3 nitrogen and oxygen atoms in total. The van der Waals surface area contributed by atoms with E-state index >= 15 is 0 Å². The molecule has 1 atom stereocenters. The van der Waals surface area contributed by atoms with E-state index in [0.717, 1.165) is 23.2 Å². The summed E-state index contributed by atoms with van der Waals surface area (Å²) in [6, 6.07) is 7.54. The predicted octanol–water partition coefficient (Wildman–Crippen LogP) is 1.98. The zero-order valence-corrected chi connectivity index (χ0v) is 13.0. The number of carbonyl (C=O) groups excluding carboxylic acids is 1. The lowest BCUT2D eigenvalue weighted by Crippen LogP contribution is -2.22. The predicted molar refractivity (Wildman–Crippen MR) is 90.3 cm³/mol. The van der Waals surface area contributed by atoms with Gasteiger partial charge in [0.05, 0.1) is 4.91 Å². The highest BCUT2D eigenvalue weighted by Crippen LogP contribution is 2.33. The molecule has 0 aromatic heterocycles. The topological polar surface area (TPSA) is 29.5 Å². The fourth-order valence-corrected chi connectivity index (χ4v) is 3.35. The van der Waals surface area contributed by atoms with E-state index in [-0.39, 0.29) is 12.0 Å². The van der Waals surface area contributed by atoms with Gasteiger partial charge in [-0.2, -0.15) is 0 Å². The summed E-state index contributed by atoms with van der Waals surface area (Å²) in [7, 11) is 7.36. The first-order chi connectivity index (χ1) is 10.0. The second-order valence-electron chi connectivity index (χ2n) is 4.85. The highest BCUT2D eigenvalue weighted by molar-refractivity contribution is 8.26. The molecule has 6 heteroatoms. The Labute approximate surface area is 134 Å². The second-order valence-corrected chi connectivity index (χ2v) is 6.52. The van der Waals surface area contributed by atoms with Gasteiger partial charge in [-0.1, -0.05) is 53.7 Å². The molecule has 0 bridgehead atoms. The molecule has 21 heavy (non-hydrogen) atoms. The number of benzene rings is 1. The van der Waals surface area contributed by atoms with Crippen LogP contribution in [0.15, 0.2) is 41.3 Å². The van der Waals surface area contributed by atoms with Crippen molar-refractivity contribution in [3.8, 4) is 0 Å². The number of thioether (sulfide) groups is 1. The highest BCUT2D eigenvalue weighted by Gasteiger charge is 2.30. The zero-order valence-electron chi connectivity index (χ0n) is 11.4. The third-order valence-electron chi connectivity index (χ3n) is 3.33. The van der Waals surface area contributed by atoms with Gasteiger partial charge in [0.2, 0.25) is 0 Å². The Balaban J connectivity index is 1.71. The zero-order chi connectivity index (χ0) is 15.0. The number of likely N-dealkylation sites (N-methyl/N-ethyl adjacent to an activating group) is 1. The van der Waals surface area contributed by atoms with Crippen LogP contribution in [-0.4, -0.2) is 36.1 Å². The maximum Gasteiger partial charge on any atom is 0.265 e. The lowest BCUT2D eigenvalue weighted by atomic mass is 9.95. The monoisotopic (exact) mass is 313 g/mol. The highest BCUT2D eigenvalue weighted by atomic mass is 32.2. The van der Waals surface area contributed by atoms with Crippen LogP contribution in [0.1, 0.15) is 12.0 Å². The van der Waals surface area contributed by atoms with Crippen LogP contribution in [0.4, 0.5) is 0 Å². The largest absolute Gasteiger partial charge is 0.486 e. The van der Waals surface area contributed by atoms with Gasteiger partial charge in [0.15, 0.2) is 0 Å². The van der Waals surface area contributed by atoms with Gasteiger partial charge in [-0.15, -0.1) is 0 Å². The summed E-state index contributed by atoms with van der Waals surface area (Å²) in [5.41, 5.74) is 1.71. The number of nitrogens with zero attached hydrogens (tertiary/aromatic N) is 1. The molecule has 1 aromatic carbocycles. The van der Waals surface area contributed by atoms with E-state index in [1.54, 1.807) is 7.05 Å². The molecule has 1 fully saturated rings. The van der Waals surface area contributed by atoms with Crippen LogP contribution in [0.25, 0.3) is 5.76 Å². The van der Waals surface area contributed by atoms with Crippen LogP contribution in [0.5, 0.6) is 0 Å². The summed E-state index contributed by atoms with van der Waals surface area (Å²) in [6.45, 7) is 0. The lowest BCUT2D eigenvalue weighted by Gasteiger charge is -2.10. The smallest absolute Gasteiger partial charge is 0.265 e. The SMILES string of the molecule is [B]c1ccc(C2=CCC(/C=C3/SC(=S)N(C)C3=O)O2)cc1. The number of ether oxygens (including phenoxy) is 1. The molecule has 104 valence electrons. The Morgan fingerprint density at radius 1 is 1.43 bits per heavy atom. The third kappa shape index (κ3) is 2.92. The minimum Gasteiger partial charge on any atom is -0.486 e. The Morgan fingerprint density at radius 3 is 2.76 bits per heavy atom. The van der Waals surface area contributed by atoms with Crippen molar-refractivity contribution < 1.29 is 9.53 Å². The third-order valence-corrected chi connectivity index (χ3v) is 4.84. The fraction of sp³-hybridized carbons (Fsp3) is 0.200. The van der Waals surface area contributed by atoms with Gasteiger partial charge in [-0.05, 0) is 12.2 Å². The molecular weight excluding hydrogens is 301 g/mol. The quantitative estimate of drug-likeness (QED) is 0.474. The van der Waals surface area contributed by atoms with E-state index in [1.165, 1.54) is 16.7 Å². The van der Waals surface area contributed by atoms with E-state index in [2.05, 4.69) is 0 Å². The summed E-state index contributed by atoms with van der Waals surface area (Å²) >= 11 is 6.43. The van der Waals surface area contributed by atoms with E-state index in [4.69, 9.17) is 24.8 Å². The van der Waals surface area contributed by atoms with Gasteiger partial charge in [-0.25, -0.2) is 0 Å². The van der Waals surface area contributed by atoms with Crippen LogP contribution in [0.2, 0.25) is 0 Å². The average molecular weight is 313 g/mol. The normalized spacial score (nSPS) is 23.7.